The largest absolute Gasteiger partial charge is 0.335 e. The summed E-state index contributed by atoms with van der Waals surface area (Å²) >= 11 is 0. The minimum absolute atomic E-state index is 0.164. The van der Waals surface area contributed by atoms with Crippen LogP contribution in [0.2, 0.25) is 0 Å². The van der Waals surface area contributed by atoms with Gasteiger partial charge < -0.3 is 4.52 Å². The van der Waals surface area contributed by atoms with Gasteiger partial charge in [-0.1, -0.05) is 23.4 Å². The van der Waals surface area contributed by atoms with Crippen LogP contribution in [0, 0.1) is 0 Å². The molecule has 0 atom stereocenters. The van der Waals surface area contributed by atoms with Crippen LogP contribution in [0.4, 0.5) is 0 Å². The van der Waals surface area contributed by atoms with E-state index in [0.29, 0.717) is 18.1 Å². The molecule has 2 aromatic heterocycles. The molecule has 0 saturated heterocycles. The van der Waals surface area contributed by atoms with Crippen molar-refractivity contribution in [2.75, 3.05) is 0 Å². The summed E-state index contributed by atoms with van der Waals surface area (Å²) < 4.78 is 32.2. The van der Waals surface area contributed by atoms with Gasteiger partial charge in [0, 0.05) is 23.9 Å². The highest BCUT2D eigenvalue weighted by Gasteiger charge is 2.14. The third-order valence-electron chi connectivity index (χ3n) is 4.35. The van der Waals surface area contributed by atoms with E-state index in [1.165, 1.54) is 0 Å². The van der Waals surface area contributed by atoms with Crippen LogP contribution in [0.3, 0.4) is 0 Å². The van der Waals surface area contributed by atoms with Crippen molar-refractivity contribution < 1.29 is 12.9 Å². The minimum Gasteiger partial charge on any atom is -0.335 e. The van der Waals surface area contributed by atoms with Crippen molar-refractivity contribution in [1.29, 1.82) is 0 Å². The Hall–Kier alpha value is -3.30. The molecule has 0 amide bonds. The van der Waals surface area contributed by atoms with E-state index in [0.717, 1.165) is 22.0 Å². The van der Waals surface area contributed by atoms with Crippen LogP contribution < -0.4 is 4.72 Å². The molecule has 0 aliphatic carbocycles. The Labute approximate surface area is 174 Å². The van der Waals surface area contributed by atoms with Crippen molar-refractivity contribution in [2.24, 2.45) is 0 Å². The zero-order valence-electron chi connectivity index (χ0n) is 16.5. The number of fused-ring (bicyclic) bond motifs is 1. The van der Waals surface area contributed by atoms with Crippen molar-refractivity contribution in [3.8, 4) is 0 Å². The number of hydrogen-bond acceptors (Lipinski definition) is 6. The maximum absolute atomic E-state index is 12.2. The molecule has 0 radical (unpaired) electrons. The predicted octanol–water partition coefficient (Wildman–Crippen LogP) is 3.39. The Morgan fingerprint density at radius 3 is 2.70 bits per heavy atom. The van der Waals surface area contributed by atoms with Crippen LogP contribution in [0.25, 0.3) is 23.1 Å². The molecule has 2 N–H and O–H groups in total. The van der Waals surface area contributed by atoms with Crippen molar-refractivity contribution in [3.63, 3.8) is 0 Å². The van der Waals surface area contributed by atoms with Crippen molar-refractivity contribution in [3.05, 3.63) is 71.5 Å². The first-order valence-electron chi connectivity index (χ1n) is 9.44. The summed E-state index contributed by atoms with van der Waals surface area (Å²) in [4.78, 5) is 4.61. The highest BCUT2D eigenvalue weighted by molar-refractivity contribution is 7.89. The van der Waals surface area contributed by atoms with Gasteiger partial charge in [0.15, 0.2) is 5.82 Å². The van der Waals surface area contributed by atoms with E-state index in [9.17, 15) is 8.42 Å². The predicted molar refractivity (Wildman–Crippen MR) is 114 cm³/mol. The lowest BCUT2D eigenvalue weighted by Crippen LogP contribution is -2.30. The Balaban J connectivity index is 1.43. The summed E-state index contributed by atoms with van der Waals surface area (Å²) in [5.41, 5.74) is 2.87. The average Bonchev–Trinajstić information content (AvgIpc) is 3.34. The monoisotopic (exact) mass is 423 g/mol. The van der Waals surface area contributed by atoms with Crippen molar-refractivity contribution in [1.82, 2.24) is 25.1 Å². The van der Waals surface area contributed by atoms with E-state index in [2.05, 4.69) is 25.1 Å². The quantitative estimate of drug-likeness (QED) is 0.471. The molecule has 154 valence electrons. The first kappa shape index (κ1) is 20.0. The number of nitrogens with zero attached hydrogens (tertiary/aromatic N) is 3. The second-order valence-electron chi connectivity index (χ2n) is 7.20. The summed E-state index contributed by atoms with van der Waals surface area (Å²) in [6.45, 7) is 3.56. The Bertz CT molecular complexity index is 1290. The van der Waals surface area contributed by atoms with E-state index in [4.69, 9.17) is 4.52 Å². The molecule has 4 rings (SSSR count). The topological polar surface area (TPSA) is 114 Å². The molecule has 8 nitrogen and oxygen atoms in total. The van der Waals surface area contributed by atoms with Crippen LogP contribution in [0.5, 0.6) is 0 Å². The highest BCUT2D eigenvalue weighted by atomic mass is 32.2. The minimum atomic E-state index is -3.50. The molecule has 4 aromatic rings. The van der Waals surface area contributed by atoms with Crippen LogP contribution >= 0.6 is 0 Å². The van der Waals surface area contributed by atoms with Crippen LogP contribution in [0.1, 0.15) is 36.7 Å². The second kappa shape index (κ2) is 8.21. The fraction of sp³-hybridized carbons (Fsp3) is 0.190. The summed E-state index contributed by atoms with van der Waals surface area (Å²) in [5, 5.41) is 12.0. The maximum atomic E-state index is 12.2. The number of hydrogen-bond donors (Lipinski definition) is 2. The SMILES string of the molecule is CC(C)NS(=O)(=O)c1ccc(/C=C/c2nc(Cc3ccc4[nH]ncc4c3)no2)cc1. The molecule has 2 aromatic carbocycles. The molecular formula is C21H21N5O3S. The van der Waals surface area contributed by atoms with Gasteiger partial charge in [-0.3, -0.25) is 5.10 Å². The van der Waals surface area contributed by atoms with E-state index in [-0.39, 0.29) is 10.9 Å². The summed E-state index contributed by atoms with van der Waals surface area (Å²) in [5.74, 6) is 0.964. The average molecular weight is 423 g/mol. The Morgan fingerprint density at radius 1 is 1.13 bits per heavy atom. The zero-order chi connectivity index (χ0) is 21.1. The molecule has 0 aliphatic heterocycles. The summed E-state index contributed by atoms with van der Waals surface area (Å²) in [6, 6.07) is 12.4. The number of aromatic amines is 1. The molecule has 0 saturated carbocycles. The standard InChI is InChI=1S/C21H21N5O3S/c1-14(2)26-30(27,28)18-7-3-15(4-8-18)6-10-21-23-20(25-29-21)12-16-5-9-19-17(11-16)13-22-24-19/h3-11,13-14,26H,12H2,1-2H3,(H,22,24)/b10-6+. The van der Waals surface area contributed by atoms with Crippen molar-refractivity contribution in [2.45, 2.75) is 31.2 Å². The first-order chi connectivity index (χ1) is 14.4. The fourth-order valence-electron chi connectivity index (χ4n) is 3.00. The van der Waals surface area contributed by atoms with Gasteiger partial charge in [-0.05, 0) is 55.3 Å². The van der Waals surface area contributed by atoms with Gasteiger partial charge in [0.1, 0.15) is 0 Å². The zero-order valence-corrected chi connectivity index (χ0v) is 17.3. The first-order valence-corrected chi connectivity index (χ1v) is 10.9. The summed E-state index contributed by atoms with van der Waals surface area (Å²) in [7, 11) is -3.50. The molecule has 0 aliphatic rings. The van der Waals surface area contributed by atoms with E-state index >= 15 is 0 Å². The molecule has 0 fully saturated rings. The Kier molecular flexibility index (Phi) is 5.47. The number of nitrogens with one attached hydrogen (secondary N) is 2. The van der Waals surface area contributed by atoms with Crippen molar-refractivity contribution >= 4 is 33.1 Å². The molecule has 0 bridgehead atoms. The van der Waals surface area contributed by atoms with Gasteiger partial charge >= 0.3 is 0 Å². The number of benzene rings is 2. The van der Waals surface area contributed by atoms with E-state index in [1.807, 2.05) is 18.2 Å². The lowest BCUT2D eigenvalue weighted by atomic mass is 10.1. The third-order valence-corrected chi connectivity index (χ3v) is 6.02. The lowest BCUT2D eigenvalue weighted by Gasteiger charge is -2.09. The lowest BCUT2D eigenvalue weighted by molar-refractivity contribution is 0.404. The number of H-pyrrole nitrogens is 1. The molecule has 9 heteroatoms. The fourth-order valence-corrected chi connectivity index (χ4v) is 4.25. The molecule has 0 unspecified atom stereocenters. The normalized spacial score (nSPS) is 12.4. The summed E-state index contributed by atoms with van der Waals surface area (Å²) in [6.07, 6.45) is 5.82. The van der Waals surface area contributed by atoms with Gasteiger partial charge in [0.25, 0.3) is 5.89 Å². The third kappa shape index (κ3) is 4.64. The molecule has 0 spiro atoms. The maximum Gasteiger partial charge on any atom is 0.250 e. The second-order valence-corrected chi connectivity index (χ2v) is 8.91. The van der Waals surface area contributed by atoms with E-state index in [1.54, 1.807) is 56.5 Å². The highest BCUT2D eigenvalue weighted by Crippen LogP contribution is 2.16. The van der Waals surface area contributed by atoms with Crippen LogP contribution in [-0.4, -0.2) is 34.8 Å². The smallest absolute Gasteiger partial charge is 0.250 e. The van der Waals surface area contributed by atoms with Crippen LogP contribution in [0.15, 0.2) is 58.1 Å². The van der Waals surface area contributed by atoms with E-state index < -0.39 is 10.0 Å². The van der Waals surface area contributed by atoms with Gasteiger partial charge in [-0.15, -0.1) is 0 Å². The van der Waals surface area contributed by atoms with Gasteiger partial charge in [0.05, 0.1) is 16.6 Å². The molecule has 2 heterocycles. The van der Waals surface area contributed by atoms with Gasteiger partial charge in [-0.25, -0.2) is 13.1 Å². The van der Waals surface area contributed by atoms with Gasteiger partial charge in [-0.2, -0.15) is 10.1 Å². The number of sulfonamides is 1. The van der Waals surface area contributed by atoms with Gasteiger partial charge in [0.2, 0.25) is 10.0 Å². The number of rotatable bonds is 7. The molecule has 30 heavy (non-hydrogen) atoms. The number of aromatic nitrogens is 4. The Morgan fingerprint density at radius 2 is 1.93 bits per heavy atom. The van der Waals surface area contributed by atoms with Crippen LogP contribution in [-0.2, 0) is 16.4 Å². The molecular weight excluding hydrogens is 402 g/mol.